The van der Waals surface area contributed by atoms with Gasteiger partial charge in [-0.15, -0.1) is 0 Å². The minimum atomic E-state index is -1.03. The summed E-state index contributed by atoms with van der Waals surface area (Å²) in [5, 5.41) is 0.707. The summed E-state index contributed by atoms with van der Waals surface area (Å²) in [6.45, 7) is 0. The first-order chi connectivity index (χ1) is 6.66. The quantitative estimate of drug-likeness (QED) is 0.469. The molecule has 0 saturated heterocycles. The van der Waals surface area contributed by atoms with E-state index in [4.69, 9.17) is 5.73 Å². The minimum Gasteiger partial charge on any atom is -0.396 e. The summed E-state index contributed by atoms with van der Waals surface area (Å²) < 4.78 is 26.0. The number of anilines is 1. The number of hydrogen-bond acceptors (Lipinski definition) is 1. The first kappa shape index (κ1) is 11.0. The molecule has 1 aromatic rings. The molecule has 0 heterocycles. The van der Waals surface area contributed by atoms with Gasteiger partial charge in [0.2, 0.25) is 0 Å². The number of rotatable bonds is 1. The van der Waals surface area contributed by atoms with E-state index >= 15 is 0 Å². The summed E-state index contributed by atoms with van der Waals surface area (Å²) in [6, 6.07) is 2.67. The molecule has 74 valence electrons. The second-order valence-electron chi connectivity index (χ2n) is 2.57. The average molecular weight is 260 g/mol. The van der Waals surface area contributed by atoms with Crippen LogP contribution in [0.5, 0.6) is 0 Å². The third-order valence-corrected chi connectivity index (χ3v) is 1.95. The third-order valence-electron chi connectivity index (χ3n) is 1.55. The maximum Gasteiger partial charge on any atom is 0.182 e. The summed E-state index contributed by atoms with van der Waals surface area (Å²) in [5.41, 5.74) is 5.01. The SMILES string of the molecule is Nc1ccc(C#CCCBr)c(F)c1F. The first-order valence-corrected chi connectivity index (χ1v) is 5.07. The largest absolute Gasteiger partial charge is 0.396 e. The molecular formula is C10H8BrF2N. The van der Waals surface area contributed by atoms with Gasteiger partial charge in [0.05, 0.1) is 11.3 Å². The highest BCUT2D eigenvalue weighted by atomic mass is 79.9. The van der Waals surface area contributed by atoms with Crippen LogP contribution in [0, 0.1) is 23.5 Å². The fourth-order valence-corrected chi connectivity index (χ4v) is 1.06. The molecule has 0 unspecified atom stereocenters. The molecule has 14 heavy (non-hydrogen) atoms. The summed E-state index contributed by atoms with van der Waals surface area (Å²) in [6.07, 6.45) is 0.589. The molecule has 1 aromatic carbocycles. The summed E-state index contributed by atoms with van der Waals surface area (Å²) >= 11 is 3.18. The van der Waals surface area contributed by atoms with Gasteiger partial charge in [0.1, 0.15) is 0 Å². The molecule has 1 nitrogen and oxygen atoms in total. The van der Waals surface area contributed by atoms with Crippen molar-refractivity contribution in [2.45, 2.75) is 6.42 Å². The summed E-state index contributed by atoms with van der Waals surface area (Å²) in [5.74, 6) is 3.21. The van der Waals surface area contributed by atoms with Gasteiger partial charge in [-0.05, 0) is 12.1 Å². The highest BCUT2D eigenvalue weighted by molar-refractivity contribution is 9.09. The lowest BCUT2D eigenvalue weighted by Crippen LogP contribution is -1.96. The van der Waals surface area contributed by atoms with Crippen molar-refractivity contribution < 1.29 is 8.78 Å². The van der Waals surface area contributed by atoms with E-state index in [1.54, 1.807) is 0 Å². The van der Waals surface area contributed by atoms with Crippen LogP contribution >= 0.6 is 15.9 Å². The molecular weight excluding hydrogens is 252 g/mol. The molecule has 0 spiro atoms. The monoisotopic (exact) mass is 259 g/mol. The zero-order valence-corrected chi connectivity index (χ0v) is 8.87. The van der Waals surface area contributed by atoms with Crippen LogP contribution < -0.4 is 5.73 Å². The Morgan fingerprint density at radius 1 is 1.29 bits per heavy atom. The van der Waals surface area contributed by atoms with Gasteiger partial charge in [-0.25, -0.2) is 8.78 Å². The first-order valence-electron chi connectivity index (χ1n) is 3.95. The van der Waals surface area contributed by atoms with Gasteiger partial charge in [0.25, 0.3) is 0 Å². The maximum atomic E-state index is 13.1. The zero-order valence-electron chi connectivity index (χ0n) is 7.28. The molecule has 0 aliphatic rings. The Morgan fingerprint density at radius 2 is 2.00 bits per heavy atom. The zero-order chi connectivity index (χ0) is 10.6. The van der Waals surface area contributed by atoms with Crippen LogP contribution in [0.15, 0.2) is 12.1 Å². The highest BCUT2D eigenvalue weighted by Crippen LogP contribution is 2.16. The summed E-state index contributed by atoms with van der Waals surface area (Å²) in [4.78, 5) is 0. The molecule has 4 heteroatoms. The van der Waals surface area contributed by atoms with Gasteiger partial charge < -0.3 is 5.73 Å². The number of benzene rings is 1. The van der Waals surface area contributed by atoms with Gasteiger partial charge in [-0.1, -0.05) is 27.8 Å². The Balaban J connectivity index is 3.02. The standard InChI is InChI=1S/C10H8BrF2N/c11-6-2-1-3-7-4-5-8(14)10(13)9(7)12/h4-5H,2,6,14H2. The highest BCUT2D eigenvalue weighted by Gasteiger charge is 2.09. The molecule has 0 amide bonds. The van der Waals surface area contributed by atoms with Crippen LogP contribution in [0.4, 0.5) is 14.5 Å². The summed E-state index contributed by atoms with van der Waals surface area (Å²) in [7, 11) is 0. The fourth-order valence-electron chi connectivity index (χ4n) is 0.866. The van der Waals surface area contributed by atoms with E-state index in [1.807, 2.05) is 0 Å². The predicted molar refractivity (Wildman–Crippen MR) is 56.1 cm³/mol. The van der Waals surface area contributed by atoms with E-state index < -0.39 is 11.6 Å². The van der Waals surface area contributed by atoms with Gasteiger partial charge in [-0.3, -0.25) is 0 Å². The van der Waals surface area contributed by atoms with Crippen molar-refractivity contribution >= 4 is 21.6 Å². The van der Waals surface area contributed by atoms with E-state index in [1.165, 1.54) is 12.1 Å². The van der Waals surface area contributed by atoms with Crippen molar-refractivity contribution in [3.8, 4) is 11.8 Å². The van der Waals surface area contributed by atoms with E-state index in [0.717, 1.165) is 0 Å². The molecule has 0 radical (unpaired) electrons. The number of nitrogen functional groups attached to an aromatic ring is 1. The van der Waals surface area contributed by atoms with Crippen molar-refractivity contribution in [1.29, 1.82) is 0 Å². The lowest BCUT2D eigenvalue weighted by molar-refractivity contribution is 0.510. The molecule has 1 rings (SSSR count). The van der Waals surface area contributed by atoms with Gasteiger partial charge in [0.15, 0.2) is 11.6 Å². The Bertz CT molecular complexity index is 393. The van der Waals surface area contributed by atoms with Crippen molar-refractivity contribution in [2.24, 2.45) is 0 Å². The molecule has 0 fully saturated rings. The van der Waals surface area contributed by atoms with Crippen LogP contribution in [0.25, 0.3) is 0 Å². The van der Waals surface area contributed by atoms with E-state index in [9.17, 15) is 8.78 Å². The van der Waals surface area contributed by atoms with Crippen molar-refractivity contribution in [3.63, 3.8) is 0 Å². The lowest BCUT2D eigenvalue weighted by atomic mass is 10.2. The van der Waals surface area contributed by atoms with Crippen LogP contribution in [-0.4, -0.2) is 5.33 Å². The second kappa shape index (κ2) is 4.97. The third kappa shape index (κ3) is 2.46. The topological polar surface area (TPSA) is 26.0 Å². The van der Waals surface area contributed by atoms with E-state index in [-0.39, 0.29) is 11.3 Å². The average Bonchev–Trinajstić information content (AvgIpc) is 2.18. The fraction of sp³-hybridized carbons (Fsp3) is 0.200. The van der Waals surface area contributed by atoms with Crippen LogP contribution in [0.1, 0.15) is 12.0 Å². The van der Waals surface area contributed by atoms with Crippen molar-refractivity contribution in [3.05, 3.63) is 29.3 Å². The number of hydrogen-bond donors (Lipinski definition) is 1. The Kier molecular flexibility index (Phi) is 3.90. The molecule has 0 aliphatic carbocycles. The van der Waals surface area contributed by atoms with Crippen molar-refractivity contribution in [2.75, 3.05) is 11.1 Å². The number of nitrogens with two attached hydrogens (primary N) is 1. The van der Waals surface area contributed by atoms with Crippen LogP contribution in [0.3, 0.4) is 0 Å². The van der Waals surface area contributed by atoms with Crippen LogP contribution in [-0.2, 0) is 0 Å². The normalized spacial score (nSPS) is 9.36. The van der Waals surface area contributed by atoms with Gasteiger partial charge in [-0.2, -0.15) is 0 Å². The maximum absolute atomic E-state index is 13.1. The Morgan fingerprint density at radius 3 is 2.64 bits per heavy atom. The van der Waals surface area contributed by atoms with E-state index in [2.05, 4.69) is 27.8 Å². The Labute approximate surface area is 89.4 Å². The molecule has 0 atom stereocenters. The number of halogens is 3. The minimum absolute atomic E-state index is 0.0395. The molecule has 0 aliphatic heterocycles. The molecule has 0 bridgehead atoms. The van der Waals surface area contributed by atoms with Gasteiger partial charge >= 0.3 is 0 Å². The van der Waals surface area contributed by atoms with Crippen molar-refractivity contribution in [1.82, 2.24) is 0 Å². The Hall–Kier alpha value is -1.08. The molecule has 0 aromatic heterocycles. The second-order valence-corrected chi connectivity index (χ2v) is 3.36. The van der Waals surface area contributed by atoms with E-state index in [0.29, 0.717) is 11.8 Å². The molecule has 0 saturated carbocycles. The number of alkyl halides is 1. The lowest BCUT2D eigenvalue weighted by Gasteiger charge is -1.99. The predicted octanol–water partition coefficient (Wildman–Crippen LogP) is 2.68. The van der Waals surface area contributed by atoms with Crippen LogP contribution in [0.2, 0.25) is 0 Å². The van der Waals surface area contributed by atoms with Gasteiger partial charge in [0, 0.05) is 11.8 Å². The smallest absolute Gasteiger partial charge is 0.182 e. The molecule has 2 N–H and O–H groups in total.